The molecule has 2 heterocycles. The van der Waals surface area contributed by atoms with Gasteiger partial charge in [-0.1, -0.05) is 11.6 Å². The Labute approximate surface area is 223 Å². The molecule has 1 aromatic heterocycles. The highest BCUT2D eigenvalue weighted by Crippen LogP contribution is 2.41. The highest BCUT2D eigenvalue weighted by atomic mass is 35.5. The number of benzene rings is 2. The number of piperidine rings is 1. The maximum absolute atomic E-state index is 13.8. The summed E-state index contributed by atoms with van der Waals surface area (Å²) in [4.78, 5) is 19.1. The Balaban J connectivity index is 1.37. The van der Waals surface area contributed by atoms with Gasteiger partial charge in [-0.05, 0) is 75.2 Å². The largest absolute Gasteiger partial charge is 0.497 e. The molecule has 0 radical (unpaired) electrons. The molecular weight excluding hydrogens is 522 g/mol. The van der Waals surface area contributed by atoms with Crippen LogP contribution in [0.15, 0.2) is 47.5 Å². The Morgan fingerprint density at radius 3 is 2.70 bits per heavy atom. The third-order valence-electron chi connectivity index (χ3n) is 7.12. The average Bonchev–Trinajstić information content (AvgIpc) is 2.89. The van der Waals surface area contributed by atoms with E-state index >= 15 is 0 Å². The number of aromatic nitrogens is 1. The van der Waals surface area contributed by atoms with Crippen LogP contribution in [-0.4, -0.2) is 58.6 Å². The van der Waals surface area contributed by atoms with Crippen molar-refractivity contribution in [2.24, 2.45) is 5.41 Å². The van der Waals surface area contributed by atoms with Gasteiger partial charge in [-0.15, -0.1) is 11.8 Å². The zero-order valence-corrected chi connectivity index (χ0v) is 22.0. The molecule has 1 saturated heterocycles. The fourth-order valence-electron chi connectivity index (χ4n) is 4.84. The van der Waals surface area contributed by atoms with Crippen LogP contribution in [0.4, 0.5) is 8.78 Å². The van der Waals surface area contributed by atoms with Crippen molar-refractivity contribution in [1.82, 2.24) is 9.88 Å². The van der Waals surface area contributed by atoms with Crippen molar-refractivity contribution < 1.29 is 28.5 Å². The third kappa shape index (κ3) is 6.34. The van der Waals surface area contributed by atoms with Gasteiger partial charge < -0.3 is 19.8 Å². The van der Waals surface area contributed by atoms with E-state index in [0.717, 1.165) is 12.1 Å². The number of hydrogen-bond acceptors (Lipinski definition) is 6. The predicted molar refractivity (Wildman–Crippen MR) is 140 cm³/mol. The number of rotatable bonds is 10. The minimum Gasteiger partial charge on any atom is -0.497 e. The lowest BCUT2D eigenvalue weighted by Crippen LogP contribution is -2.45. The maximum Gasteiger partial charge on any atom is 0.309 e. The van der Waals surface area contributed by atoms with Gasteiger partial charge in [0.05, 0.1) is 29.2 Å². The highest BCUT2D eigenvalue weighted by molar-refractivity contribution is 7.99. The smallest absolute Gasteiger partial charge is 0.309 e. The zero-order chi connectivity index (χ0) is 26.6. The normalized spacial score (nSPS) is 16.6. The topological polar surface area (TPSA) is 82.9 Å². The SMILES string of the molecule is COc1ccc2ncc(Cl)c([C@H](O)CCC3(C(=O)O)CCN(CCSc4cc(F)ccc4F)CC3)c2c1. The first-order valence-electron chi connectivity index (χ1n) is 12.1. The maximum atomic E-state index is 13.8. The number of carboxylic acid groups (broad SMARTS) is 1. The number of fused-ring (bicyclic) bond motifs is 1. The number of methoxy groups -OCH3 is 1. The number of halogens is 3. The quantitative estimate of drug-likeness (QED) is 0.302. The molecule has 1 aliphatic heterocycles. The van der Waals surface area contributed by atoms with Gasteiger partial charge in [-0.25, -0.2) is 8.78 Å². The number of hydrogen-bond donors (Lipinski definition) is 2. The molecule has 1 aliphatic rings. The van der Waals surface area contributed by atoms with Gasteiger partial charge in [-0.2, -0.15) is 0 Å². The van der Waals surface area contributed by atoms with Crippen molar-refractivity contribution >= 4 is 40.2 Å². The van der Waals surface area contributed by atoms with E-state index in [0.29, 0.717) is 71.9 Å². The molecule has 37 heavy (non-hydrogen) atoms. The molecule has 2 N–H and O–H groups in total. The van der Waals surface area contributed by atoms with Gasteiger partial charge in [0.2, 0.25) is 0 Å². The molecule has 1 fully saturated rings. The molecule has 0 bridgehead atoms. The number of likely N-dealkylation sites (tertiary alicyclic amines) is 1. The Kier molecular flexibility index (Phi) is 8.90. The second kappa shape index (κ2) is 11.9. The summed E-state index contributed by atoms with van der Waals surface area (Å²) in [5.41, 5.74) is 0.230. The minimum atomic E-state index is -0.961. The molecular formula is C27H29ClF2N2O4S. The Hall–Kier alpha value is -2.46. The van der Waals surface area contributed by atoms with Gasteiger partial charge >= 0.3 is 5.97 Å². The summed E-state index contributed by atoms with van der Waals surface area (Å²) in [5, 5.41) is 22.2. The molecule has 6 nitrogen and oxygen atoms in total. The fourth-order valence-corrected chi connectivity index (χ4v) is 6.09. The minimum absolute atomic E-state index is 0.233. The summed E-state index contributed by atoms with van der Waals surface area (Å²) in [7, 11) is 1.55. The molecule has 2 aromatic carbocycles. The number of aliphatic hydroxyl groups excluding tert-OH is 1. The number of aliphatic carboxylic acids is 1. The molecule has 0 unspecified atom stereocenters. The van der Waals surface area contributed by atoms with Gasteiger partial charge in [0, 0.05) is 34.3 Å². The standard InChI is InChI=1S/C27H29ClF2N2O4S/c1-36-18-3-5-22-19(15-18)25(20(28)16-31-22)23(33)6-7-27(26(34)35)8-10-32(11-9-27)12-13-37-24-14-17(29)2-4-21(24)30/h2-5,14-16,23,33H,6-13H2,1H3,(H,34,35)/t23-/m1/s1. The van der Waals surface area contributed by atoms with E-state index in [1.807, 2.05) is 0 Å². The second-order valence-corrected chi connectivity index (χ2v) is 10.9. The van der Waals surface area contributed by atoms with E-state index in [-0.39, 0.29) is 11.3 Å². The summed E-state index contributed by atoms with van der Waals surface area (Å²) in [5.74, 6) is -0.624. The van der Waals surface area contributed by atoms with E-state index in [1.165, 1.54) is 24.0 Å². The molecule has 3 aromatic rings. The van der Waals surface area contributed by atoms with Crippen LogP contribution in [0.2, 0.25) is 5.02 Å². The second-order valence-electron chi connectivity index (χ2n) is 9.31. The van der Waals surface area contributed by atoms with Crippen molar-refractivity contribution in [2.45, 2.75) is 36.7 Å². The molecule has 1 atom stereocenters. The average molecular weight is 551 g/mol. The van der Waals surface area contributed by atoms with Crippen LogP contribution in [0.3, 0.4) is 0 Å². The van der Waals surface area contributed by atoms with Crippen LogP contribution in [0.25, 0.3) is 10.9 Å². The number of aliphatic hydroxyl groups is 1. The molecule has 0 saturated carbocycles. The summed E-state index contributed by atoms with van der Waals surface area (Å²) >= 11 is 7.66. The van der Waals surface area contributed by atoms with E-state index in [4.69, 9.17) is 16.3 Å². The summed E-state index contributed by atoms with van der Waals surface area (Å²) in [6.07, 6.45) is 1.94. The van der Waals surface area contributed by atoms with Crippen molar-refractivity contribution in [3.8, 4) is 5.75 Å². The lowest BCUT2D eigenvalue weighted by atomic mass is 9.74. The van der Waals surface area contributed by atoms with Gasteiger partial charge in [0.15, 0.2) is 0 Å². The van der Waals surface area contributed by atoms with E-state index in [1.54, 1.807) is 25.3 Å². The van der Waals surface area contributed by atoms with Crippen molar-refractivity contribution in [1.29, 1.82) is 0 Å². The number of carbonyl (C=O) groups is 1. The Morgan fingerprint density at radius 2 is 2.00 bits per heavy atom. The lowest BCUT2D eigenvalue weighted by molar-refractivity contribution is -0.153. The molecule has 0 spiro atoms. The molecule has 10 heteroatoms. The lowest BCUT2D eigenvalue weighted by Gasteiger charge is -2.39. The van der Waals surface area contributed by atoms with Crippen molar-refractivity contribution in [3.63, 3.8) is 0 Å². The summed E-state index contributed by atoms with van der Waals surface area (Å²) < 4.78 is 32.5. The highest BCUT2D eigenvalue weighted by Gasteiger charge is 2.41. The van der Waals surface area contributed by atoms with E-state index in [9.17, 15) is 23.8 Å². The number of ether oxygens (including phenoxy) is 1. The molecule has 0 amide bonds. The molecule has 198 valence electrons. The third-order valence-corrected chi connectivity index (χ3v) is 8.43. The number of carboxylic acids is 1. The van der Waals surface area contributed by atoms with Crippen molar-refractivity contribution in [3.05, 3.63) is 64.8 Å². The van der Waals surface area contributed by atoms with Crippen LogP contribution in [0, 0.1) is 17.0 Å². The van der Waals surface area contributed by atoms with Crippen LogP contribution in [0.5, 0.6) is 5.75 Å². The van der Waals surface area contributed by atoms with Crippen LogP contribution in [0.1, 0.15) is 37.4 Å². The van der Waals surface area contributed by atoms with Gasteiger partial charge in [0.25, 0.3) is 0 Å². The van der Waals surface area contributed by atoms with Crippen LogP contribution >= 0.6 is 23.4 Å². The Morgan fingerprint density at radius 1 is 1.24 bits per heavy atom. The van der Waals surface area contributed by atoms with E-state index < -0.39 is 29.1 Å². The zero-order valence-electron chi connectivity index (χ0n) is 20.4. The van der Waals surface area contributed by atoms with Crippen LogP contribution in [-0.2, 0) is 4.79 Å². The Bertz CT molecular complexity index is 1270. The monoisotopic (exact) mass is 550 g/mol. The first-order chi connectivity index (χ1) is 17.7. The predicted octanol–water partition coefficient (Wildman–Crippen LogP) is 5.95. The van der Waals surface area contributed by atoms with Gasteiger partial charge in [0.1, 0.15) is 17.4 Å². The van der Waals surface area contributed by atoms with E-state index in [2.05, 4.69) is 9.88 Å². The fraction of sp³-hybridized carbons (Fsp3) is 0.407. The molecule has 0 aliphatic carbocycles. The van der Waals surface area contributed by atoms with Gasteiger partial charge in [-0.3, -0.25) is 9.78 Å². The first kappa shape index (κ1) is 27.6. The summed E-state index contributed by atoms with van der Waals surface area (Å²) in [6.45, 7) is 1.79. The number of nitrogens with zero attached hydrogens (tertiary/aromatic N) is 2. The van der Waals surface area contributed by atoms with Crippen LogP contribution < -0.4 is 4.74 Å². The molecule has 4 rings (SSSR count). The first-order valence-corrected chi connectivity index (χ1v) is 13.4. The number of thioether (sulfide) groups is 1. The number of pyridine rings is 1. The summed E-state index contributed by atoms with van der Waals surface area (Å²) in [6, 6.07) is 8.73. The van der Waals surface area contributed by atoms with Crippen molar-refractivity contribution in [2.75, 3.05) is 32.5 Å².